The number of rotatable bonds is 7. The molecule has 0 aromatic heterocycles. The standard InChI is InChI=1S/C6H14O2S2.C2H6O/c1-7-3-5-9-10-6-4-8-2;1-2-3/h3-6H2,1-2H3;3H,2H2,1H3. The molecule has 3 nitrogen and oxygen atoms in total. The Morgan fingerprint density at radius 1 is 1.00 bits per heavy atom. The molecular weight excluding hydrogens is 208 g/mol. The van der Waals surface area contributed by atoms with Gasteiger partial charge in [0.15, 0.2) is 0 Å². The van der Waals surface area contributed by atoms with Crippen molar-refractivity contribution in [1.82, 2.24) is 0 Å². The molecule has 0 saturated carbocycles. The van der Waals surface area contributed by atoms with Crippen molar-refractivity contribution >= 4 is 21.6 Å². The second kappa shape index (κ2) is 18.4. The monoisotopic (exact) mass is 228 g/mol. The smallest absolute Gasteiger partial charge is 0.0561 e. The molecule has 0 aromatic carbocycles. The second-order valence-electron chi connectivity index (χ2n) is 1.95. The first-order valence-corrected chi connectivity index (χ1v) is 6.65. The molecule has 0 saturated heterocycles. The van der Waals surface area contributed by atoms with Gasteiger partial charge in [-0.2, -0.15) is 0 Å². The van der Waals surface area contributed by atoms with E-state index in [9.17, 15) is 0 Å². The van der Waals surface area contributed by atoms with Crippen molar-refractivity contribution in [2.24, 2.45) is 0 Å². The molecule has 5 heteroatoms. The Morgan fingerprint density at radius 3 is 1.54 bits per heavy atom. The van der Waals surface area contributed by atoms with Gasteiger partial charge in [0.2, 0.25) is 0 Å². The summed E-state index contributed by atoms with van der Waals surface area (Å²) in [7, 11) is 7.10. The van der Waals surface area contributed by atoms with Crippen LogP contribution in [-0.2, 0) is 9.47 Å². The van der Waals surface area contributed by atoms with Crippen molar-refractivity contribution in [3.8, 4) is 0 Å². The summed E-state index contributed by atoms with van der Waals surface area (Å²) in [6.45, 7) is 3.61. The second-order valence-corrected chi connectivity index (χ2v) is 4.65. The molecule has 13 heavy (non-hydrogen) atoms. The van der Waals surface area contributed by atoms with E-state index in [0.29, 0.717) is 0 Å². The quantitative estimate of drug-likeness (QED) is 0.530. The average molecular weight is 228 g/mol. The molecule has 0 atom stereocenters. The van der Waals surface area contributed by atoms with Gasteiger partial charge in [0.1, 0.15) is 0 Å². The lowest BCUT2D eigenvalue weighted by molar-refractivity contribution is 0.218. The number of methoxy groups -OCH3 is 2. The van der Waals surface area contributed by atoms with E-state index in [-0.39, 0.29) is 6.61 Å². The van der Waals surface area contributed by atoms with Crippen LogP contribution in [0.15, 0.2) is 0 Å². The van der Waals surface area contributed by atoms with Crippen molar-refractivity contribution in [1.29, 1.82) is 0 Å². The lowest BCUT2D eigenvalue weighted by Crippen LogP contribution is -1.92. The summed E-state index contributed by atoms with van der Waals surface area (Å²) in [4.78, 5) is 0. The zero-order valence-corrected chi connectivity index (χ0v) is 10.2. The Hall–Kier alpha value is 0.580. The molecular formula is C8H20O3S2. The lowest BCUT2D eigenvalue weighted by Gasteiger charge is -1.98. The van der Waals surface area contributed by atoms with Crippen LogP contribution in [0.2, 0.25) is 0 Å². The summed E-state index contributed by atoms with van der Waals surface area (Å²) >= 11 is 0. The fourth-order valence-electron chi connectivity index (χ4n) is 0.353. The van der Waals surface area contributed by atoms with Crippen molar-refractivity contribution in [2.75, 3.05) is 45.5 Å². The summed E-state index contributed by atoms with van der Waals surface area (Å²) in [5.74, 6) is 2.12. The number of ether oxygens (including phenoxy) is 2. The van der Waals surface area contributed by atoms with Crippen LogP contribution in [0.5, 0.6) is 0 Å². The normalized spacial score (nSPS) is 9.23. The molecule has 0 aliphatic heterocycles. The zero-order valence-electron chi connectivity index (χ0n) is 8.62. The van der Waals surface area contributed by atoms with Gasteiger partial charge in [-0.3, -0.25) is 0 Å². The molecule has 82 valence electrons. The van der Waals surface area contributed by atoms with Crippen LogP contribution in [0.1, 0.15) is 6.92 Å². The Bertz CT molecular complexity index is 66.4. The van der Waals surface area contributed by atoms with Gasteiger partial charge in [-0.25, -0.2) is 0 Å². The maximum atomic E-state index is 7.57. The first kappa shape index (κ1) is 16.0. The predicted molar refractivity (Wildman–Crippen MR) is 61.4 cm³/mol. The highest BCUT2D eigenvalue weighted by atomic mass is 33.1. The van der Waals surface area contributed by atoms with Gasteiger partial charge >= 0.3 is 0 Å². The maximum absolute atomic E-state index is 7.57. The zero-order chi connectivity index (χ0) is 10.4. The van der Waals surface area contributed by atoms with Gasteiger partial charge in [-0.15, -0.1) is 0 Å². The van der Waals surface area contributed by atoms with Crippen LogP contribution in [0.3, 0.4) is 0 Å². The molecule has 0 amide bonds. The third-order valence-electron chi connectivity index (χ3n) is 0.825. The van der Waals surface area contributed by atoms with Crippen molar-refractivity contribution in [3.05, 3.63) is 0 Å². The van der Waals surface area contributed by atoms with Gasteiger partial charge < -0.3 is 14.6 Å². The van der Waals surface area contributed by atoms with E-state index in [0.717, 1.165) is 24.7 Å². The first-order valence-electron chi connectivity index (χ1n) is 4.16. The van der Waals surface area contributed by atoms with E-state index in [1.807, 2.05) is 21.6 Å². The minimum Gasteiger partial charge on any atom is -0.397 e. The van der Waals surface area contributed by atoms with Crippen LogP contribution < -0.4 is 0 Å². The summed E-state index contributed by atoms with van der Waals surface area (Å²) < 4.78 is 9.77. The minimum atomic E-state index is 0.250. The van der Waals surface area contributed by atoms with E-state index in [4.69, 9.17) is 14.6 Å². The Balaban J connectivity index is 0. The summed E-state index contributed by atoms with van der Waals surface area (Å²) in [5, 5.41) is 7.57. The van der Waals surface area contributed by atoms with Gasteiger partial charge in [0, 0.05) is 32.3 Å². The molecule has 0 rings (SSSR count). The van der Waals surface area contributed by atoms with Crippen molar-refractivity contribution in [3.63, 3.8) is 0 Å². The molecule has 0 unspecified atom stereocenters. The average Bonchev–Trinajstić information content (AvgIpc) is 2.13. The largest absolute Gasteiger partial charge is 0.397 e. The van der Waals surface area contributed by atoms with Gasteiger partial charge in [-0.1, -0.05) is 21.6 Å². The fraction of sp³-hybridized carbons (Fsp3) is 1.00. The topological polar surface area (TPSA) is 38.7 Å². The third kappa shape index (κ3) is 24.5. The van der Waals surface area contributed by atoms with E-state index in [1.165, 1.54) is 0 Å². The summed E-state index contributed by atoms with van der Waals surface area (Å²) in [6, 6.07) is 0. The van der Waals surface area contributed by atoms with Gasteiger partial charge in [-0.05, 0) is 6.92 Å². The number of hydrogen-bond acceptors (Lipinski definition) is 5. The molecule has 0 heterocycles. The van der Waals surface area contributed by atoms with E-state index in [2.05, 4.69) is 0 Å². The SMILES string of the molecule is CCO.COCCSSCCOC. The van der Waals surface area contributed by atoms with Gasteiger partial charge in [0.05, 0.1) is 13.2 Å². The van der Waals surface area contributed by atoms with Crippen LogP contribution >= 0.6 is 21.6 Å². The molecule has 0 fully saturated rings. The van der Waals surface area contributed by atoms with Crippen molar-refractivity contribution in [2.45, 2.75) is 6.92 Å². The highest BCUT2D eigenvalue weighted by Crippen LogP contribution is 2.19. The van der Waals surface area contributed by atoms with Crippen LogP contribution in [0.25, 0.3) is 0 Å². The molecule has 0 aliphatic carbocycles. The molecule has 0 bridgehead atoms. The first-order chi connectivity index (χ1) is 6.33. The van der Waals surface area contributed by atoms with E-state index >= 15 is 0 Å². The number of aliphatic hydroxyl groups excluding tert-OH is 1. The highest BCUT2D eigenvalue weighted by Gasteiger charge is 1.88. The Kier molecular flexibility index (Phi) is 22.7. The highest BCUT2D eigenvalue weighted by molar-refractivity contribution is 8.76. The Labute approximate surface area is 89.0 Å². The fourth-order valence-corrected chi connectivity index (χ4v) is 2.17. The van der Waals surface area contributed by atoms with Crippen LogP contribution in [0.4, 0.5) is 0 Å². The van der Waals surface area contributed by atoms with Crippen molar-refractivity contribution < 1.29 is 14.6 Å². The molecule has 0 radical (unpaired) electrons. The van der Waals surface area contributed by atoms with Crippen LogP contribution in [-0.4, -0.2) is 50.7 Å². The number of aliphatic hydroxyl groups is 1. The molecule has 0 aliphatic rings. The van der Waals surface area contributed by atoms with Gasteiger partial charge in [0.25, 0.3) is 0 Å². The van der Waals surface area contributed by atoms with Crippen LogP contribution in [0, 0.1) is 0 Å². The third-order valence-corrected chi connectivity index (χ3v) is 3.16. The minimum absolute atomic E-state index is 0.250. The predicted octanol–water partition coefficient (Wildman–Crippen LogP) is 1.66. The summed E-state index contributed by atoms with van der Waals surface area (Å²) in [6.07, 6.45) is 0. The molecule has 0 spiro atoms. The summed E-state index contributed by atoms with van der Waals surface area (Å²) in [5.41, 5.74) is 0. The van der Waals surface area contributed by atoms with E-state index in [1.54, 1.807) is 21.1 Å². The maximum Gasteiger partial charge on any atom is 0.0561 e. The Morgan fingerprint density at radius 2 is 1.31 bits per heavy atom. The van der Waals surface area contributed by atoms with E-state index < -0.39 is 0 Å². The molecule has 0 aromatic rings. The molecule has 1 N–H and O–H groups in total. The number of hydrogen-bond donors (Lipinski definition) is 1. The lowest BCUT2D eigenvalue weighted by atomic mass is 10.9.